The van der Waals surface area contributed by atoms with Gasteiger partial charge in [0.2, 0.25) is 0 Å². The first-order valence-electron chi connectivity index (χ1n) is 8.16. The molecule has 1 aliphatic carbocycles. The van der Waals surface area contributed by atoms with E-state index in [4.69, 9.17) is 9.47 Å². The van der Waals surface area contributed by atoms with Crippen molar-refractivity contribution >= 4 is 5.97 Å². The summed E-state index contributed by atoms with van der Waals surface area (Å²) in [5.41, 5.74) is 1.23. The lowest BCUT2D eigenvalue weighted by Gasteiger charge is -2.24. The molecule has 1 saturated heterocycles. The molecule has 0 aromatic carbocycles. The van der Waals surface area contributed by atoms with E-state index in [-0.39, 0.29) is 11.9 Å². The van der Waals surface area contributed by atoms with Crippen LogP contribution in [0.15, 0.2) is 12.5 Å². The van der Waals surface area contributed by atoms with E-state index in [0.29, 0.717) is 25.8 Å². The molecule has 0 N–H and O–H groups in total. The monoisotopic (exact) mass is 307 g/mol. The fourth-order valence-electron chi connectivity index (χ4n) is 3.52. The standard InChI is InChI=1S/C16H25N3O3/c1-21-16(20)13-9-18(6-7-22-11-13)10-15-8-17-12-19(15)14-4-2-3-5-14/h8,12-14H,2-7,9-11H2,1H3. The Morgan fingerprint density at radius 3 is 3.05 bits per heavy atom. The third kappa shape index (κ3) is 3.50. The second-order valence-electron chi connectivity index (χ2n) is 6.26. The fourth-order valence-corrected chi connectivity index (χ4v) is 3.52. The minimum absolute atomic E-state index is 0.184. The second-order valence-corrected chi connectivity index (χ2v) is 6.26. The third-order valence-electron chi connectivity index (χ3n) is 4.73. The predicted molar refractivity (Wildman–Crippen MR) is 81.3 cm³/mol. The van der Waals surface area contributed by atoms with Crippen LogP contribution in [0.25, 0.3) is 0 Å². The Morgan fingerprint density at radius 1 is 1.45 bits per heavy atom. The average Bonchev–Trinajstić information content (AvgIpc) is 3.14. The maximum absolute atomic E-state index is 11.8. The summed E-state index contributed by atoms with van der Waals surface area (Å²) in [5, 5.41) is 0. The van der Waals surface area contributed by atoms with Crippen molar-refractivity contribution in [1.29, 1.82) is 0 Å². The number of rotatable bonds is 4. The Kier molecular flexibility index (Phi) is 5.10. The molecule has 1 unspecified atom stereocenters. The number of aromatic nitrogens is 2. The molecule has 122 valence electrons. The quantitative estimate of drug-likeness (QED) is 0.791. The predicted octanol–water partition coefficient (Wildman–Crippen LogP) is 1.62. The number of methoxy groups -OCH3 is 1. The Morgan fingerprint density at radius 2 is 2.27 bits per heavy atom. The van der Waals surface area contributed by atoms with E-state index in [9.17, 15) is 4.79 Å². The summed E-state index contributed by atoms with van der Waals surface area (Å²) < 4.78 is 12.7. The number of nitrogens with zero attached hydrogens (tertiary/aromatic N) is 3. The van der Waals surface area contributed by atoms with Crippen LogP contribution in [0.3, 0.4) is 0 Å². The molecule has 0 amide bonds. The van der Waals surface area contributed by atoms with Gasteiger partial charge in [0, 0.05) is 31.9 Å². The first kappa shape index (κ1) is 15.5. The van der Waals surface area contributed by atoms with Crippen LogP contribution in [0.5, 0.6) is 0 Å². The van der Waals surface area contributed by atoms with Gasteiger partial charge in [-0.15, -0.1) is 0 Å². The first-order chi connectivity index (χ1) is 10.8. The number of hydrogen-bond donors (Lipinski definition) is 0. The Bertz CT molecular complexity index is 497. The minimum Gasteiger partial charge on any atom is -0.469 e. The average molecular weight is 307 g/mol. The van der Waals surface area contributed by atoms with E-state index in [1.165, 1.54) is 38.5 Å². The zero-order chi connectivity index (χ0) is 15.4. The summed E-state index contributed by atoms with van der Waals surface area (Å²) in [6, 6.07) is 0.595. The zero-order valence-corrected chi connectivity index (χ0v) is 13.2. The summed E-state index contributed by atoms with van der Waals surface area (Å²) >= 11 is 0. The molecule has 2 heterocycles. The molecule has 6 nitrogen and oxygen atoms in total. The SMILES string of the molecule is COC(=O)C1COCCN(Cc2cncn2C2CCCC2)C1. The molecular weight excluding hydrogens is 282 g/mol. The Balaban J connectivity index is 1.66. The van der Waals surface area contributed by atoms with E-state index < -0.39 is 0 Å². The maximum atomic E-state index is 11.8. The molecule has 22 heavy (non-hydrogen) atoms. The van der Waals surface area contributed by atoms with E-state index in [1.54, 1.807) is 0 Å². The topological polar surface area (TPSA) is 56.6 Å². The van der Waals surface area contributed by atoms with Gasteiger partial charge in [-0.25, -0.2) is 4.98 Å². The van der Waals surface area contributed by atoms with Gasteiger partial charge in [-0.05, 0) is 12.8 Å². The van der Waals surface area contributed by atoms with Crippen LogP contribution in [0, 0.1) is 5.92 Å². The van der Waals surface area contributed by atoms with Gasteiger partial charge in [0.15, 0.2) is 0 Å². The Labute approximate surface area is 131 Å². The highest BCUT2D eigenvalue weighted by molar-refractivity contribution is 5.72. The van der Waals surface area contributed by atoms with Gasteiger partial charge in [0.1, 0.15) is 0 Å². The lowest BCUT2D eigenvalue weighted by Crippen LogP contribution is -2.34. The van der Waals surface area contributed by atoms with E-state index >= 15 is 0 Å². The molecular formula is C16H25N3O3. The summed E-state index contributed by atoms with van der Waals surface area (Å²) in [7, 11) is 1.44. The summed E-state index contributed by atoms with van der Waals surface area (Å²) in [6.45, 7) is 3.44. The van der Waals surface area contributed by atoms with Crippen LogP contribution in [0.4, 0.5) is 0 Å². The summed E-state index contributed by atoms with van der Waals surface area (Å²) in [6.07, 6.45) is 9.03. The molecule has 1 atom stereocenters. The molecule has 1 saturated carbocycles. The zero-order valence-electron chi connectivity index (χ0n) is 13.2. The van der Waals surface area contributed by atoms with Crippen LogP contribution in [-0.2, 0) is 20.8 Å². The van der Waals surface area contributed by atoms with Crippen LogP contribution in [0.2, 0.25) is 0 Å². The lowest BCUT2D eigenvalue weighted by molar-refractivity contribution is -0.147. The fraction of sp³-hybridized carbons (Fsp3) is 0.750. The van der Waals surface area contributed by atoms with Gasteiger partial charge in [-0.1, -0.05) is 12.8 Å². The van der Waals surface area contributed by atoms with Crippen molar-refractivity contribution in [2.24, 2.45) is 5.92 Å². The van der Waals surface area contributed by atoms with E-state index in [0.717, 1.165) is 13.1 Å². The molecule has 0 radical (unpaired) electrons. The van der Waals surface area contributed by atoms with Crippen LogP contribution in [-0.4, -0.2) is 53.8 Å². The number of carbonyl (C=O) groups is 1. The largest absolute Gasteiger partial charge is 0.469 e. The highest BCUT2D eigenvalue weighted by Gasteiger charge is 2.27. The molecule has 0 bridgehead atoms. The van der Waals surface area contributed by atoms with Crippen molar-refractivity contribution in [3.05, 3.63) is 18.2 Å². The normalized spacial score (nSPS) is 24.3. The van der Waals surface area contributed by atoms with Crippen molar-refractivity contribution in [2.75, 3.05) is 33.4 Å². The molecule has 0 spiro atoms. The van der Waals surface area contributed by atoms with Gasteiger partial charge >= 0.3 is 5.97 Å². The number of imidazole rings is 1. The maximum Gasteiger partial charge on any atom is 0.312 e. The summed E-state index contributed by atoms with van der Waals surface area (Å²) in [4.78, 5) is 18.4. The number of ether oxygens (including phenoxy) is 2. The number of hydrogen-bond acceptors (Lipinski definition) is 5. The Hall–Kier alpha value is -1.40. The highest BCUT2D eigenvalue weighted by Crippen LogP contribution is 2.30. The minimum atomic E-state index is -0.199. The van der Waals surface area contributed by atoms with Crippen LogP contribution >= 0.6 is 0 Å². The first-order valence-corrected chi connectivity index (χ1v) is 8.16. The van der Waals surface area contributed by atoms with Crippen LogP contribution in [0.1, 0.15) is 37.4 Å². The van der Waals surface area contributed by atoms with Crippen molar-refractivity contribution in [1.82, 2.24) is 14.5 Å². The summed E-state index contributed by atoms with van der Waals surface area (Å²) in [5.74, 6) is -0.383. The molecule has 1 aromatic rings. The highest BCUT2D eigenvalue weighted by atomic mass is 16.5. The van der Waals surface area contributed by atoms with Gasteiger partial charge in [-0.3, -0.25) is 9.69 Å². The van der Waals surface area contributed by atoms with Crippen molar-refractivity contribution in [3.8, 4) is 0 Å². The third-order valence-corrected chi connectivity index (χ3v) is 4.73. The van der Waals surface area contributed by atoms with Gasteiger partial charge in [0.25, 0.3) is 0 Å². The second kappa shape index (κ2) is 7.24. The van der Waals surface area contributed by atoms with Crippen molar-refractivity contribution < 1.29 is 14.3 Å². The van der Waals surface area contributed by atoms with Gasteiger partial charge in [-0.2, -0.15) is 0 Å². The van der Waals surface area contributed by atoms with Gasteiger partial charge < -0.3 is 14.0 Å². The number of esters is 1. The molecule has 1 aromatic heterocycles. The van der Waals surface area contributed by atoms with Gasteiger partial charge in [0.05, 0.1) is 38.3 Å². The molecule has 6 heteroatoms. The van der Waals surface area contributed by atoms with Crippen molar-refractivity contribution in [3.63, 3.8) is 0 Å². The molecule has 1 aliphatic heterocycles. The van der Waals surface area contributed by atoms with Crippen LogP contribution < -0.4 is 0 Å². The van der Waals surface area contributed by atoms with E-state index in [1.807, 2.05) is 12.5 Å². The van der Waals surface area contributed by atoms with E-state index in [2.05, 4.69) is 14.5 Å². The molecule has 2 aliphatic rings. The molecule has 3 rings (SSSR count). The smallest absolute Gasteiger partial charge is 0.312 e. The lowest BCUT2D eigenvalue weighted by atomic mass is 10.1. The number of carbonyl (C=O) groups excluding carboxylic acids is 1. The molecule has 2 fully saturated rings. The van der Waals surface area contributed by atoms with Crippen molar-refractivity contribution in [2.45, 2.75) is 38.3 Å².